The van der Waals surface area contributed by atoms with Crippen molar-refractivity contribution in [3.8, 4) is 0 Å². The van der Waals surface area contributed by atoms with Crippen LogP contribution >= 0.6 is 0 Å². The van der Waals surface area contributed by atoms with Gasteiger partial charge in [-0.25, -0.2) is 0 Å². The number of carbonyl (C=O) groups excluding carboxylic acids is 2. The van der Waals surface area contributed by atoms with Crippen LogP contribution in [0, 0.1) is 0 Å². The van der Waals surface area contributed by atoms with Crippen molar-refractivity contribution in [1.29, 1.82) is 0 Å². The van der Waals surface area contributed by atoms with Gasteiger partial charge in [-0.1, -0.05) is 173 Å². The molecule has 6 heteroatoms. The normalized spacial score (nSPS) is 12.2. The zero-order valence-corrected chi connectivity index (χ0v) is 35.8. The first-order valence-electron chi connectivity index (χ1n) is 23.5. The molecule has 1 unspecified atom stereocenters. The van der Waals surface area contributed by atoms with Crippen LogP contribution in [-0.2, 0) is 19.1 Å². The molecule has 0 rings (SSSR count). The van der Waals surface area contributed by atoms with Gasteiger partial charge in [-0.2, -0.15) is 0 Å². The smallest absolute Gasteiger partial charge is 0.322 e. The van der Waals surface area contributed by atoms with E-state index < -0.39 is 5.97 Å². The van der Waals surface area contributed by atoms with E-state index in [-0.39, 0.29) is 24.5 Å². The second-order valence-electron chi connectivity index (χ2n) is 16.0. The Morgan fingerprint density at radius 1 is 0.463 bits per heavy atom. The summed E-state index contributed by atoms with van der Waals surface area (Å²) in [4.78, 5) is 35.1. The van der Waals surface area contributed by atoms with Gasteiger partial charge in [0.05, 0.1) is 0 Å². The number of allylic oxidation sites excluding steroid dienone is 4. The van der Waals surface area contributed by atoms with Crippen LogP contribution in [0.3, 0.4) is 0 Å². The van der Waals surface area contributed by atoms with E-state index in [1.165, 1.54) is 154 Å². The lowest BCUT2D eigenvalue weighted by molar-refractivity contribution is -0.150. The average Bonchev–Trinajstić information content (AvgIpc) is 3.16. The minimum absolute atomic E-state index is 0.0108. The Labute approximate surface area is 334 Å². The summed E-state index contributed by atoms with van der Waals surface area (Å²) in [5.41, 5.74) is 0. The molecule has 0 aliphatic heterocycles. The molecule has 54 heavy (non-hydrogen) atoms. The highest BCUT2D eigenvalue weighted by Gasteiger charge is 2.14. The first-order valence-corrected chi connectivity index (χ1v) is 23.5. The predicted octanol–water partition coefficient (Wildman–Crippen LogP) is 14.7. The fourth-order valence-electron chi connectivity index (χ4n) is 7.09. The molecule has 0 saturated heterocycles. The Morgan fingerprint density at radius 3 is 1.20 bits per heavy atom. The van der Waals surface area contributed by atoms with Crippen molar-refractivity contribution in [2.45, 2.75) is 258 Å². The number of carbonyl (C=O) groups is 3. The van der Waals surface area contributed by atoms with E-state index in [4.69, 9.17) is 9.84 Å². The van der Waals surface area contributed by atoms with E-state index in [2.05, 4.69) is 43.5 Å². The second kappa shape index (κ2) is 43.6. The molecule has 0 heterocycles. The molecule has 6 nitrogen and oxygen atoms in total. The largest absolute Gasteiger partial charge is 0.480 e. The maximum atomic E-state index is 12.8. The van der Waals surface area contributed by atoms with Crippen LogP contribution in [0.1, 0.15) is 251 Å². The number of aliphatic carboxylic acids is 1. The van der Waals surface area contributed by atoms with Crippen molar-refractivity contribution >= 4 is 17.8 Å². The third-order valence-corrected chi connectivity index (χ3v) is 10.6. The number of amides is 1. The first-order chi connectivity index (χ1) is 26.5. The Kier molecular flexibility index (Phi) is 41.9. The number of rotatable bonds is 43. The van der Waals surface area contributed by atoms with Gasteiger partial charge in [0.15, 0.2) is 0 Å². The number of unbranched alkanes of at least 4 members (excludes halogenated alkanes) is 28. The Bertz CT molecular complexity index is 884. The zero-order chi connectivity index (χ0) is 39.4. The summed E-state index contributed by atoms with van der Waals surface area (Å²) in [5.74, 6) is -1.23. The maximum Gasteiger partial charge on any atom is 0.322 e. The molecule has 2 N–H and O–H groups in total. The molecule has 1 amide bonds. The lowest BCUT2D eigenvalue weighted by Crippen LogP contribution is -2.28. The predicted molar refractivity (Wildman–Crippen MR) is 231 cm³/mol. The summed E-state index contributed by atoms with van der Waals surface area (Å²) in [5, 5.41) is 11.1. The standard InChI is InChI=1S/C48H89NO5/c1-3-5-7-9-11-13-15-17-19-20-22-24-26-28-30-35-39-43-48(53)54-45(41-37-33-31-34-38-42-46(50)49-44-47(51)52)40-36-32-29-27-25-23-21-18-16-14-12-10-8-6-4-2/h17,19,23,25,45H,3-16,18,20-22,24,26-44H2,1-2H3,(H,49,50)(H,51,52)/b19-17-,25-23-. The number of hydrogen-bond donors (Lipinski definition) is 2. The molecule has 0 aromatic heterocycles. The van der Waals surface area contributed by atoms with Crippen LogP contribution in [0.4, 0.5) is 0 Å². The number of ether oxygens (including phenoxy) is 1. The van der Waals surface area contributed by atoms with Crippen molar-refractivity contribution < 1.29 is 24.2 Å². The molecule has 0 spiro atoms. The van der Waals surface area contributed by atoms with E-state index in [1.54, 1.807) is 0 Å². The van der Waals surface area contributed by atoms with Crippen molar-refractivity contribution in [3.05, 3.63) is 24.3 Å². The summed E-state index contributed by atoms with van der Waals surface area (Å²) in [6, 6.07) is 0. The molecule has 0 aliphatic carbocycles. The molecule has 0 radical (unpaired) electrons. The quantitative estimate of drug-likeness (QED) is 0.0367. The molecular weight excluding hydrogens is 671 g/mol. The van der Waals surface area contributed by atoms with Gasteiger partial charge in [-0.15, -0.1) is 0 Å². The van der Waals surface area contributed by atoms with Gasteiger partial charge in [-0.3, -0.25) is 14.4 Å². The number of carboxylic acids is 1. The summed E-state index contributed by atoms with van der Waals surface area (Å²) < 4.78 is 6.04. The van der Waals surface area contributed by atoms with Crippen molar-refractivity contribution in [2.24, 2.45) is 0 Å². The number of esters is 1. The van der Waals surface area contributed by atoms with Crippen molar-refractivity contribution in [1.82, 2.24) is 5.32 Å². The van der Waals surface area contributed by atoms with Crippen LogP contribution in [0.15, 0.2) is 24.3 Å². The molecular formula is C48H89NO5. The lowest BCUT2D eigenvalue weighted by atomic mass is 10.0. The monoisotopic (exact) mass is 760 g/mol. The van der Waals surface area contributed by atoms with E-state index in [9.17, 15) is 14.4 Å². The van der Waals surface area contributed by atoms with E-state index in [0.717, 1.165) is 70.6 Å². The van der Waals surface area contributed by atoms with Crippen molar-refractivity contribution in [3.63, 3.8) is 0 Å². The fraction of sp³-hybridized carbons (Fsp3) is 0.854. The molecule has 0 bridgehead atoms. The Balaban J connectivity index is 4.17. The fourth-order valence-corrected chi connectivity index (χ4v) is 7.09. The number of nitrogens with one attached hydrogen (secondary N) is 1. The minimum atomic E-state index is -1.02. The molecule has 0 fully saturated rings. The van der Waals surface area contributed by atoms with E-state index >= 15 is 0 Å². The SMILES string of the molecule is CCCCCCCC/C=C\CCCCCCCCCC(=O)OC(CCCCC/C=C\CCCCCCCCCC)CCCCCCCC(=O)NCC(=O)O. The third kappa shape index (κ3) is 42.6. The molecule has 0 aromatic carbocycles. The molecule has 0 aliphatic rings. The van der Waals surface area contributed by atoms with E-state index in [0.29, 0.717) is 12.8 Å². The van der Waals surface area contributed by atoms with Crippen LogP contribution in [0.5, 0.6) is 0 Å². The summed E-state index contributed by atoms with van der Waals surface area (Å²) in [7, 11) is 0. The van der Waals surface area contributed by atoms with Gasteiger partial charge < -0.3 is 15.2 Å². The average molecular weight is 760 g/mol. The number of hydrogen-bond acceptors (Lipinski definition) is 4. The maximum absolute atomic E-state index is 12.8. The first kappa shape index (κ1) is 51.9. The molecule has 0 saturated carbocycles. The lowest BCUT2D eigenvalue weighted by Gasteiger charge is -2.18. The zero-order valence-electron chi connectivity index (χ0n) is 35.8. The Hall–Kier alpha value is -2.11. The van der Waals surface area contributed by atoms with Gasteiger partial charge in [-0.05, 0) is 89.9 Å². The van der Waals surface area contributed by atoms with Gasteiger partial charge in [0, 0.05) is 12.8 Å². The minimum Gasteiger partial charge on any atom is -0.480 e. The second-order valence-corrected chi connectivity index (χ2v) is 16.0. The highest BCUT2D eigenvalue weighted by atomic mass is 16.5. The Morgan fingerprint density at radius 2 is 0.796 bits per heavy atom. The van der Waals surface area contributed by atoms with E-state index in [1.807, 2.05) is 0 Å². The van der Waals surface area contributed by atoms with Crippen LogP contribution in [0.25, 0.3) is 0 Å². The topological polar surface area (TPSA) is 92.7 Å². The van der Waals surface area contributed by atoms with Gasteiger partial charge in [0.1, 0.15) is 12.6 Å². The van der Waals surface area contributed by atoms with Gasteiger partial charge >= 0.3 is 11.9 Å². The highest BCUT2D eigenvalue weighted by molar-refractivity contribution is 5.80. The van der Waals surface area contributed by atoms with Gasteiger partial charge in [0.25, 0.3) is 0 Å². The molecule has 0 aromatic rings. The number of carboxylic acid groups (broad SMARTS) is 1. The van der Waals surface area contributed by atoms with Crippen LogP contribution < -0.4 is 5.32 Å². The van der Waals surface area contributed by atoms with Gasteiger partial charge in [0.2, 0.25) is 5.91 Å². The van der Waals surface area contributed by atoms with Crippen LogP contribution in [-0.4, -0.2) is 35.6 Å². The summed E-state index contributed by atoms with van der Waals surface area (Å²) in [6.07, 6.45) is 53.1. The third-order valence-electron chi connectivity index (χ3n) is 10.6. The molecule has 316 valence electrons. The molecule has 1 atom stereocenters. The highest BCUT2D eigenvalue weighted by Crippen LogP contribution is 2.19. The summed E-state index contributed by atoms with van der Waals surface area (Å²) >= 11 is 0. The van der Waals surface area contributed by atoms with Crippen LogP contribution in [0.2, 0.25) is 0 Å². The van der Waals surface area contributed by atoms with Crippen molar-refractivity contribution in [2.75, 3.05) is 6.54 Å². The summed E-state index contributed by atoms with van der Waals surface area (Å²) in [6.45, 7) is 4.24.